The lowest BCUT2D eigenvalue weighted by Crippen LogP contribution is -2.49. The third kappa shape index (κ3) is 6.04. The number of nitrogens with zero attached hydrogens (tertiary/aromatic N) is 2. The topological polar surface area (TPSA) is 49.9 Å². The summed E-state index contributed by atoms with van der Waals surface area (Å²) in [4.78, 5) is 29.7. The fourth-order valence-corrected chi connectivity index (χ4v) is 3.76. The zero-order valence-corrected chi connectivity index (χ0v) is 18.5. The van der Waals surface area contributed by atoms with E-state index in [1.54, 1.807) is 11.8 Å². The first kappa shape index (κ1) is 22.9. The maximum Gasteiger partial charge on any atom is 0.328 e. The lowest BCUT2D eigenvalue weighted by molar-refractivity contribution is -0.143. The van der Waals surface area contributed by atoms with E-state index in [2.05, 4.69) is 32.6 Å². The lowest BCUT2D eigenvalue weighted by Gasteiger charge is -2.32. The number of carbonyl (C=O) groups excluding carboxylic acids is 2. The largest absolute Gasteiger partial charge is 0.467 e. The van der Waals surface area contributed by atoms with Crippen molar-refractivity contribution < 1.29 is 14.3 Å². The lowest BCUT2D eigenvalue weighted by atomic mass is 10.1. The number of rotatable bonds is 9. The molecule has 1 atom stereocenters. The van der Waals surface area contributed by atoms with Gasteiger partial charge in [0.1, 0.15) is 6.04 Å². The first-order valence-electron chi connectivity index (χ1n) is 10.3. The number of anilines is 1. The van der Waals surface area contributed by atoms with E-state index in [0.717, 1.165) is 29.5 Å². The van der Waals surface area contributed by atoms with Crippen molar-refractivity contribution in [1.29, 1.82) is 0 Å². The second-order valence-electron chi connectivity index (χ2n) is 8.44. The van der Waals surface area contributed by atoms with Crippen molar-refractivity contribution in [2.24, 2.45) is 11.8 Å². The van der Waals surface area contributed by atoms with Gasteiger partial charge in [-0.25, -0.2) is 4.79 Å². The minimum Gasteiger partial charge on any atom is -0.467 e. The number of esters is 1. The molecule has 0 N–H and O–H groups in total. The SMILES string of the molecule is COC(=O)[C@H](C)N(C(=O)CN(CC(C)C)CC(C)C)c1cccc2ccccc12. The number of fused-ring (bicyclic) bond motifs is 1. The zero-order chi connectivity index (χ0) is 21.6. The van der Waals surface area contributed by atoms with Crippen LogP contribution in [0.2, 0.25) is 0 Å². The van der Waals surface area contributed by atoms with Crippen LogP contribution >= 0.6 is 0 Å². The molecule has 2 aromatic carbocycles. The molecule has 5 nitrogen and oxygen atoms in total. The zero-order valence-electron chi connectivity index (χ0n) is 18.5. The Labute approximate surface area is 174 Å². The molecule has 0 unspecified atom stereocenters. The van der Waals surface area contributed by atoms with Gasteiger partial charge in [-0.1, -0.05) is 64.1 Å². The van der Waals surface area contributed by atoms with Gasteiger partial charge in [-0.05, 0) is 30.2 Å². The van der Waals surface area contributed by atoms with E-state index in [0.29, 0.717) is 11.8 Å². The maximum atomic E-state index is 13.5. The Kier molecular flexibility index (Phi) is 8.21. The number of methoxy groups -OCH3 is 1. The van der Waals surface area contributed by atoms with Crippen molar-refractivity contribution in [2.75, 3.05) is 31.6 Å². The number of hydrogen-bond acceptors (Lipinski definition) is 4. The molecule has 2 aromatic rings. The summed E-state index contributed by atoms with van der Waals surface area (Å²) in [5.41, 5.74) is 0.736. The Morgan fingerprint density at radius 1 is 0.897 bits per heavy atom. The molecule has 5 heteroatoms. The van der Waals surface area contributed by atoms with Crippen LogP contribution in [0.3, 0.4) is 0 Å². The van der Waals surface area contributed by atoms with Crippen LogP contribution in [-0.2, 0) is 14.3 Å². The average Bonchev–Trinajstić information content (AvgIpc) is 2.66. The summed E-state index contributed by atoms with van der Waals surface area (Å²) in [5.74, 6) is 0.377. The molecule has 0 aliphatic heterocycles. The van der Waals surface area contributed by atoms with Crippen molar-refractivity contribution in [3.63, 3.8) is 0 Å². The quantitative estimate of drug-likeness (QED) is 0.589. The molecule has 0 heterocycles. The highest BCUT2D eigenvalue weighted by atomic mass is 16.5. The van der Waals surface area contributed by atoms with E-state index in [1.807, 2.05) is 42.5 Å². The average molecular weight is 399 g/mol. The van der Waals surface area contributed by atoms with Gasteiger partial charge in [0.25, 0.3) is 0 Å². The van der Waals surface area contributed by atoms with Gasteiger partial charge in [-0.2, -0.15) is 0 Å². The minimum atomic E-state index is -0.710. The predicted molar refractivity (Wildman–Crippen MR) is 119 cm³/mol. The molecule has 0 aliphatic carbocycles. The molecule has 0 saturated carbocycles. The molecule has 29 heavy (non-hydrogen) atoms. The molecule has 0 fully saturated rings. The van der Waals surface area contributed by atoms with Crippen molar-refractivity contribution in [1.82, 2.24) is 4.90 Å². The number of benzene rings is 2. The fraction of sp³-hybridized carbons (Fsp3) is 0.500. The van der Waals surface area contributed by atoms with Crippen molar-refractivity contribution in [3.8, 4) is 0 Å². The van der Waals surface area contributed by atoms with Gasteiger partial charge in [-0.15, -0.1) is 0 Å². The smallest absolute Gasteiger partial charge is 0.328 e. The van der Waals surface area contributed by atoms with Crippen LogP contribution in [0.1, 0.15) is 34.6 Å². The van der Waals surface area contributed by atoms with E-state index in [1.165, 1.54) is 7.11 Å². The predicted octanol–water partition coefficient (Wildman–Crippen LogP) is 4.35. The third-order valence-electron chi connectivity index (χ3n) is 4.83. The van der Waals surface area contributed by atoms with E-state index in [-0.39, 0.29) is 12.5 Å². The van der Waals surface area contributed by atoms with E-state index in [9.17, 15) is 9.59 Å². The van der Waals surface area contributed by atoms with Gasteiger partial charge in [0.05, 0.1) is 19.3 Å². The Morgan fingerprint density at radius 2 is 1.48 bits per heavy atom. The Morgan fingerprint density at radius 3 is 2.07 bits per heavy atom. The fourth-order valence-electron chi connectivity index (χ4n) is 3.76. The van der Waals surface area contributed by atoms with Gasteiger partial charge in [-0.3, -0.25) is 14.6 Å². The van der Waals surface area contributed by atoms with Crippen molar-refractivity contribution >= 4 is 28.3 Å². The van der Waals surface area contributed by atoms with Crippen molar-refractivity contribution in [2.45, 2.75) is 40.7 Å². The first-order chi connectivity index (χ1) is 13.7. The Bertz CT molecular complexity index is 816. The molecule has 0 saturated heterocycles. The molecular formula is C24H34N2O3. The van der Waals surface area contributed by atoms with Gasteiger partial charge >= 0.3 is 5.97 Å². The second kappa shape index (κ2) is 10.4. The van der Waals surface area contributed by atoms with Crippen LogP contribution in [0.15, 0.2) is 42.5 Å². The summed E-state index contributed by atoms with van der Waals surface area (Å²) in [6, 6.07) is 13.0. The Balaban J connectivity index is 2.44. The molecule has 158 valence electrons. The molecule has 0 spiro atoms. The monoisotopic (exact) mass is 398 g/mol. The summed E-state index contributed by atoms with van der Waals surface area (Å²) in [7, 11) is 1.36. The molecular weight excluding hydrogens is 364 g/mol. The maximum absolute atomic E-state index is 13.5. The molecule has 0 bridgehead atoms. The highest BCUT2D eigenvalue weighted by molar-refractivity contribution is 6.07. The summed E-state index contributed by atoms with van der Waals surface area (Å²) >= 11 is 0. The second-order valence-corrected chi connectivity index (χ2v) is 8.44. The van der Waals surface area contributed by atoms with Crippen LogP contribution in [-0.4, -0.2) is 49.6 Å². The first-order valence-corrected chi connectivity index (χ1v) is 10.3. The molecule has 0 radical (unpaired) electrons. The van der Waals surface area contributed by atoms with Crippen molar-refractivity contribution in [3.05, 3.63) is 42.5 Å². The van der Waals surface area contributed by atoms with Crippen LogP contribution < -0.4 is 4.90 Å². The number of ether oxygens (including phenoxy) is 1. The van der Waals surface area contributed by atoms with Gasteiger partial charge in [0, 0.05) is 18.5 Å². The van der Waals surface area contributed by atoms with Crippen LogP contribution in [0.25, 0.3) is 10.8 Å². The highest BCUT2D eigenvalue weighted by Gasteiger charge is 2.30. The summed E-state index contributed by atoms with van der Waals surface area (Å²) in [6.45, 7) is 12.3. The molecule has 0 aromatic heterocycles. The highest BCUT2D eigenvalue weighted by Crippen LogP contribution is 2.29. The summed E-state index contributed by atoms with van der Waals surface area (Å²) in [5, 5.41) is 1.97. The number of hydrogen-bond donors (Lipinski definition) is 0. The van der Waals surface area contributed by atoms with E-state index >= 15 is 0 Å². The number of amides is 1. The van der Waals surface area contributed by atoms with E-state index in [4.69, 9.17) is 4.74 Å². The van der Waals surface area contributed by atoms with Crippen LogP contribution in [0.4, 0.5) is 5.69 Å². The normalized spacial score (nSPS) is 12.6. The minimum absolute atomic E-state index is 0.0967. The Hall–Kier alpha value is -2.40. The summed E-state index contributed by atoms with van der Waals surface area (Å²) in [6.07, 6.45) is 0. The third-order valence-corrected chi connectivity index (χ3v) is 4.83. The summed E-state index contributed by atoms with van der Waals surface area (Å²) < 4.78 is 4.96. The van der Waals surface area contributed by atoms with E-state index < -0.39 is 12.0 Å². The standard InChI is InChI=1S/C24H34N2O3/c1-17(2)14-25(15-18(3)4)16-23(27)26(19(5)24(28)29-6)22-13-9-11-20-10-7-8-12-21(20)22/h7-13,17-19H,14-16H2,1-6H3/t19-/m0/s1. The molecule has 0 aliphatic rings. The molecule has 1 amide bonds. The van der Waals surface area contributed by atoms with Gasteiger partial charge in [0.15, 0.2) is 0 Å². The van der Waals surface area contributed by atoms with Gasteiger partial charge in [0.2, 0.25) is 5.91 Å². The van der Waals surface area contributed by atoms with Crippen LogP contribution in [0.5, 0.6) is 0 Å². The van der Waals surface area contributed by atoms with Crippen LogP contribution in [0, 0.1) is 11.8 Å². The molecule has 2 rings (SSSR count). The number of carbonyl (C=O) groups is 2. The van der Waals surface area contributed by atoms with Gasteiger partial charge < -0.3 is 4.74 Å².